The molecule has 1 aliphatic heterocycles. The van der Waals surface area contributed by atoms with Crippen molar-refractivity contribution in [2.75, 3.05) is 13.1 Å². The molecule has 0 saturated carbocycles. The fourth-order valence-corrected chi connectivity index (χ4v) is 2.46. The number of aromatic nitrogens is 2. The van der Waals surface area contributed by atoms with Gasteiger partial charge in [0, 0.05) is 18.8 Å². The Kier molecular flexibility index (Phi) is 4.07. The van der Waals surface area contributed by atoms with Gasteiger partial charge in [0.15, 0.2) is 0 Å². The molecule has 17 heavy (non-hydrogen) atoms. The second kappa shape index (κ2) is 5.56. The summed E-state index contributed by atoms with van der Waals surface area (Å²) in [5, 5.41) is 0. The summed E-state index contributed by atoms with van der Waals surface area (Å²) in [5.41, 5.74) is 7.07. The fraction of sp³-hybridized carbons (Fsp3) is 0.692. The van der Waals surface area contributed by atoms with E-state index < -0.39 is 0 Å². The molecule has 0 aromatic carbocycles. The highest BCUT2D eigenvalue weighted by molar-refractivity contribution is 5.01. The Morgan fingerprint density at radius 3 is 2.76 bits per heavy atom. The van der Waals surface area contributed by atoms with Crippen LogP contribution in [0.25, 0.3) is 0 Å². The number of nitrogens with zero attached hydrogens (tertiary/aromatic N) is 3. The van der Waals surface area contributed by atoms with Crippen molar-refractivity contribution in [3.05, 3.63) is 23.8 Å². The summed E-state index contributed by atoms with van der Waals surface area (Å²) in [5.74, 6) is 1.55. The Labute approximate surface area is 103 Å². The van der Waals surface area contributed by atoms with E-state index in [1.54, 1.807) is 0 Å². The molecule has 1 saturated heterocycles. The summed E-state index contributed by atoms with van der Waals surface area (Å²) in [6, 6.07) is 2.34. The van der Waals surface area contributed by atoms with Crippen molar-refractivity contribution >= 4 is 0 Å². The molecule has 1 fully saturated rings. The van der Waals surface area contributed by atoms with Gasteiger partial charge in [-0.2, -0.15) is 0 Å². The summed E-state index contributed by atoms with van der Waals surface area (Å²) < 4.78 is 0. The Balaban J connectivity index is 1.86. The molecule has 0 aliphatic carbocycles. The second-order valence-electron chi connectivity index (χ2n) is 5.07. The van der Waals surface area contributed by atoms with Crippen molar-refractivity contribution in [2.24, 2.45) is 11.7 Å². The van der Waals surface area contributed by atoms with Gasteiger partial charge in [-0.05, 0) is 51.8 Å². The van der Waals surface area contributed by atoms with Crippen molar-refractivity contribution in [1.29, 1.82) is 0 Å². The Hall–Kier alpha value is -1.00. The first-order valence-electron chi connectivity index (χ1n) is 6.41. The van der Waals surface area contributed by atoms with Gasteiger partial charge in [0.2, 0.25) is 0 Å². The number of likely N-dealkylation sites (tertiary alicyclic amines) is 1. The minimum atomic E-state index is 0.332. The molecule has 2 N–H and O–H groups in total. The van der Waals surface area contributed by atoms with Crippen LogP contribution in [0.4, 0.5) is 0 Å². The lowest BCUT2D eigenvalue weighted by molar-refractivity contribution is 0.164. The largest absolute Gasteiger partial charge is 0.328 e. The summed E-state index contributed by atoms with van der Waals surface area (Å²) in [7, 11) is 0. The van der Waals surface area contributed by atoms with E-state index in [0.717, 1.165) is 31.2 Å². The van der Waals surface area contributed by atoms with E-state index in [-0.39, 0.29) is 0 Å². The van der Waals surface area contributed by atoms with Crippen LogP contribution in [0.1, 0.15) is 31.3 Å². The molecular weight excluding hydrogens is 212 g/mol. The Morgan fingerprint density at radius 1 is 1.47 bits per heavy atom. The van der Waals surface area contributed by atoms with E-state index in [9.17, 15) is 0 Å². The molecule has 0 bridgehead atoms. The van der Waals surface area contributed by atoms with E-state index in [4.69, 9.17) is 5.73 Å². The van der Waals surface area contributed by atoms with Gasteiger partial charge in [-0.15, -0.1) is 0 Å². The first-order valence-corrected chi connectivity index (χ1v) is 6.41. The molecule has 2 rings (SSSR count). The second-order valence-corrected chi connectivity index (χ2v) is 5.07. The van der Waals surface area contributed by atoms with Crippen molar-refractivity contribution < 1.29 is 0 Å². The predicted octanol–water partition coefficient (Wildman–Crippen LogP) is 1.34. The molecule has 4 nitrogen and oxygen atoms in total. The van der Waals surface area contributed by atoms with Crippen LogP contribution in [0.15, 0.2) is 12.3 Å². The molecule has 0 spiro atoms. The molecule has 1 unspecified atom stereocenters. The highest BCUT2D eigenvalue weighted by Gasteiger charge is 2.21. The average Bonchev–Trinajstić information content (AvgIpc) is 2.29. The molecule has 0 radical (unpaired) electrons. The van der Waals surface area contributed by atoms with Crippen LogP contribution in [0.2, 0.25) is 0 Å². The highest BCUT2D eigenvalue weighted by atomic mass is 15.1. The van der Waals surface area contributed by atoms with Gasteiger partial charge < -0.3 is 5.73 Å². The standard InChI is InChI=1S/C13H22N4/c1-10(14)12-4-7-17(8-5-12)9-13-3-6-15-11(2)16-13/h3,6,10,12H,4-5,7-9,14H2,1-2H3. The van der Waals surface area contributed by atoms with Crippen LogP contribution in [0.5, 0.6) is 0 Å². The van der Waals surface area contributed by atoms with E-state index in [0.29, 0.717) is 12.0 Å². The van der Waals surface area contributed by atoms with Crippen molar-refractivity contribution in [3.63, 3.8) is 0 Å². The molecule has 2 heterocycles. The summed E-state index contributed by atoms with van der Waals surface area (Å²) in [6.07, 6.45) is 4.26. The molecule has 4 heteroatoms. The lowest BCUT2D eigenvalue weighted by atomic mass is 9.91. The maximum absolute atomic E-state index is 5.95. The molecule has 1 aliphatic rings. The van der Waals surface area contributed by atoms with E-state index in [2.05, 4.69) is 21.8 Å². The van der Waals surface area contributed by atoms with Gasteiger partial charge in [-0.25, -0.2) is 9.97 Å². The minimum absolute atomic E-state index is 0.332. The zero-order valence-electron chi connectivity index (χ0n) is 10.8. The first-order chi connectivity index (χ1) is 8.15. The van der Waals surface area contributed by atoms with Crippen LogP contribution >= 0.6 is 0 Å². The van der Waals surface area contributed by atoms with Crippen LogP contribution < -0.4 is 5.73 Å². The third kappa shape index (κ3) is 3.48. The summed E-state index contributed by atoms with van der Waals surface area (Å²) in [4.78, 5) is 11.0. The summed E-state index contributed by atoms with van der Waals surface area (Å²) >= 11 is 0. The average molecular weight is 234 g/mol. The van der Waals surface area contributed by atoms with Crippen LogP contribution in [-0.4, -0.2) is 34.0 Å². The zero-order valence-corrected chi connectivity index (χ0v) is 10.8. The van der Waals surface area contributed by atoms with Crippen LogP contribution in [0.3, 0.4) is 0 Å². The number of hydrogen-bond acceptors (Lipinski definition) is 4. The molecule has 0 amide bonds. The highest BCUT2D eigenvalue weighted by Crippen LogP contribution is 2.20. The number of hydrogen-bond donors (Lipinski definition) is 1. The van der Waals surface area contributed by atoms with Gasteiger partial charge in [0.05, 0.1) is 5.69 Å². The quantitative estimate of drug-likeness (QED) is 0.857. The number of aryl methyl sites for hydroxylation is 1. The van der Waals surface area contributed by atoms with Gasteiger partial charge in [-0.3, -0.25) is 4.90 Å². The molecule has 94 valence electrons. The number of piperidine rings is 1. The SMILES string of the molecule is Cc1nccc(CN2CCC(C(C)N)CC2)n1. The van der Waals surface area contributed by atoms with Crippen molar-refractivity contribution in [3.8, 4) is 0 Å². The van der Waals surface area contributed by atoms with Crippen molar-refractivity contribution in [2.45, 2.75) is 39.3 Å². The predicted molar refractivity (Wildman–Crippen MR) is 68.4 cm³/mol. The van der Waals surface area contributed by atoms with Crippen LogP contribution in [-0.2, 0) is 6.54 Å². The van der Waals surface area contributed by atoms with E-state index in [1.165, 1.54) is 12.8 Å². The van der Waals surface area contributed by atoms with Gasteiger partial charge in [-0.1, -0.05) is 0 Å². The fourth-order valence-electron chi connectivity index (χ4n) is 2.46. The maximum Gasteiger partial charge on any atom is 0.125 e. The van der Waals surface area contributed by atoms with Crippen LogP contribution in [0, 0.1) is 12.8 Å². The van der Waals surface area contributed by atoms with Gasteiger partial charge in [0.25, 0.3) is 0 Å². The third-order valence-electron chi connectivity index (χ3n) is 3.60. The maximum atomic E-state index is 5.95. The number of rotatable bonds is 3. The Bertz CT molecular complexity index is 356. The minimum Gasteiger partial charge on any atom is -0.328 e. The van der Waals surface area contributed by atoms with Crippen molar-refractivity contribution in [1.82, 2.24) is 14.9 Å². The van der Waals surface area contributed by atoms with Gasteiger partial charge >= 0.3 is 0 Å². The lowest BCUT2D eigenvalue weighted by Crippen LogP contribution is -2.39. The summed E-state index contributed by atoms with van der Waals surface area (Å²) in [6.45, 7) is 7.26. The smallest absolute Gasteiger partial charge is 0.125 e. The molecule has 1 aromatic rings. The third-order valence-corrected chi connectivity index (χ3v) is 3.60. The monoisotopic (exact) mass is 234 g/mol. The van der Waals surface area contributed by atoms with E-state index in [1.807, 2.05) is 19.2 Å². The topological polar surface area (TPSA) is 55.0 Å². The van der Waals surface area contributed by atoms with Gasteiger partial charge in [0.1, 0.15) is 5.82 Å². The molecular formula is C13H22N4. The Morgan fingerprint density at radius 2 is 2.18 bits per heavy atom. The number of nitrogens with two attached hydrogens (primary N) is 1. The van der Waals surface area contributed by atoms with E-state index >= 15 is 0 Å². The lowest BCUT2D eigenvalue weighted by Gasteiger charge is -2.33. The molecule has 1 atom stereocenters. The zero-order chi connectivity index (χ0) is 12.3. The normalized spacial score (nSPS) is 20.4. The first kappa shape index (κ1) is 12.5. The molecule has 1 aromatic heterocycles.